The number of aromatic nitrogens is 5. The average molecular weight is 573 g/mol. The van der Waals surface area contributed by atoms with E-state index in [0.717, 1.165) is 26.1 Å². The molecular formula is C31H30F2N6O3. The fourth-order valence-electron chi connectivity index (χ4n) is 6.12. The first kappa shape index (κ1) is 26.5. The molecule has 5 aromatic rings. The molecule has 6 heterocycles. The van der Waals surface area contributed by atoms with Crippen LogP contribution in [0.25, 0.3) is 33.1 Å². The predicted octanol–water partition coefficient (Wildman–Crippen LogP) is 5.01. The fraction of sp³-hybridized carbons (Fsp3) is 0.355. The van der Waals surface area contributed by atoms with Gasteiger partial charge in [0.2, 0.25) is 11.8 Å². The Morgan fingerprint density at radius 3 is 2.69 bits per heavy atom. The highest BCUT2D eigenvalue weighted by Gasteiger charge is 2.30. The Bertz CT molecular complexity index is 1850. The SMILES string of the molecule is Cn1c(=O)n2c3c4c(c(-c5ccc(OCCCN6CCCCC6)nc5)c(F)cc4ncc31)OC(c1ccnc(F)c1)C2. The number of likely N-dealkylation sites (tertiary alicyclic amines) is 1. The summed E-state index contributed by atoms with van der Waals surface area (Å²) in [5.74, 6) is -0.547. The lowest BCUT2D eigenvalue weighted by atomic mass is 10.0. The summed E-state index contributed by atoms with van der Waals surface area (Å²) in [7, 11) is 1.66. The van der Waals surface area contributed by atoms with Crippen LogP contribution in [0.3, 0.4) is 0 Å². The number of ether oxygens (including phenoxy) is 2. The monoisotopic (exact) mass is 572 g/mol. The lowest BCUT2D eigenvalue weighted by Crippen LogP contribution is -2.31. The van der Waals surface area contributed by atoms with Crippen molar-refractivity contribution in [3.05, 3.63) is 76.7 Å². The van der Waals surface area contributed by atoms with Crippen LogP contribution in [-0.2, 0) is 13.6 Å². The molecule has 11 heteroatoms. The number of imidazole rings is 1. The molecule has 0 saturated carbocycles. The van der Waals surface area contributed by atoms with Gasteiger partial charge in [0.05, 0.1) is 46.8 Å². The number of benzene rings is 1. The van der Waals surface area contributed by atoms with Crippen molar-refractivity contribution in [3.8, 4) is 22.8 Å². The quantitative estimate of drug-likeness (QED) is 0.200. The van der Waals surface area contributed by atoms with Crippen LogP contribution in [0.2, 0.25) is 0 Å². The van der Waals surface area contributed by atoms with Crippen molar-refractivity contribution in [3.63, 3.8) is 0 Å². The zero-order valence-electron chi connectivity index (χ0n) is 23.2. The van der Waals surface area contributed by atoms with Gasteiger partial charge in [-0.1, -0.05) is 6.42 Å². The summed E-state index contributed by atoms with van der Waals surface area (Å²) in [6, 6.07) is 7.70. The smallest absolute Gasteiger partial charge is 0.329 e. The lowest BCUT2D eigenvalue weighted by molar-refractivity contribution is 0.188. The zero-order valence-corrected chi connectivity index (χ0v) is 23.2. The molecule has 1 aromatic carbocycles. The van der Waals surface area contributed by atoms with E-state index in [-0.39, 0.29) is 23.5 Å². The van der Waals surface area contributed by atoms with Gasteiger partial charge < -0.3 is 14.4 Å². The van der Waals surface area contributed by atoms with E-state index in [0.29, 0.717) is 45.6 Å². The second-order valence-electron chi connectivity index (χ2n) is 10.9. The summed E-state index contributed by atoms with van der Waals surface area (Å²) in [6.07, 6.45) is 8.39. The van der Waals surface area contributed by atoms with E-state index in [1.165, 1.54) is 42.2 Å². The summed E-state index contributed by atoms with van der Waals surface area (Å²) in [5.41, 5.74) is 2.39. The third-order valence-corrected chi connectivity index (χ3v) is 8.24. The summed E-state index contributed by atoms with van der Waals surface area (Å²) < 4.78 is 45.5. The van der Waals surface area contributed by atoms with Gasteiger partial charge in [0.1, 0.15) is 17.7 Å². The number of hydrogen-bond acceptors (Lipinski definition) is 7. The average Bonchev–Trinajstić information content (AvgIpc) is 3.13. The number of pyridine rings is 3. The molecule has 1 saturated heterocycles. The fourth-order valence-corrected chi connectivity index (χ4v) is 6.12. The summed E-state index contributed by atoms with van der Waals surface area (Å²) >= 11 is 0. The van der Waals surface area contributed by atoms with Gasteiger partial charge >= 0.3 is 5.69 Å². The molecule has 9 nitrogen and oxygen atoms in total. The van der Waals surface area contributed by atoms with Crippen LogP contribution in [-0.4, -0.2) is 55.2 Å². The topological polar surface area (TPSA) is 87.3 Å². The molecule has 1 unspecified atom stereocenters. The van der Waals surface area contributed by atoms with Crippen LogP contribution in [0.4, 0.5) is 8.78 Å². The largest absolute Gasteiger partial charge is 0.482 e. The van der Waals surface area contributed by atoms with Gasteiger partial charge in [-0.25, -0.2) is 19.2 Å². The van der Waals surface area contributed by atoms with E-state index in [4.69, 9.17) is 9.47 Å². The third kappa shape index (κ3) is 4.67. The Hall–Kier alpha value is -4.38. The first-order valence-corrected chi connectivity index (χ1v) is 14.3. The maximum atomic E-state index is 15.9. The van der Waals surface area contributed by atoms with Crippen molar-refractivity contribution in [2.75, 3.05) is 26.2 Å². The molecule has 42 heavy (non-hydrogen) atoms. The highest BCUT2D eigenvalue weighted by molar-refractivity contribution is 6.09. The van der Waals surface area contributed by atoms with Crippen molar-refractivity contribution in [2.24, 2.45) is 7.05 Å². The molecular weight excluding hydrogens is 542 g/mol. The maximum Gasteiger partial charge on any atom is 0.329 e. The number of piperidine rings is 1. The van der Waals surface area contributed by atoms with Crippen LogP contribution in [0.5, 0.6) is 11.6 Å². The number of aryl methyl sites for hydroxylation is 1. The molecule has 0 bridgehead atoms. The minimum absolute atomic E-state index is 0.0942. The summed E-state index contributed by atoms with van der Waals surface area (Å²) in [6.45, 7) is 3.92. The number of hydrogen-bond donors (Lipinski definition) is 0. The number of halogens is 2. The molecule has 0 N–H and O–H groups in total. The summed E-state index contributed by atoms with van der Waals surface area (Å²) in [5, 5.41) is 0.511. The molecule has 0 aliphatic carbocycles. The van der Waals surface area contributed by atoms with Gasteiger partial charge in [-0.3, -0.25) is 14.1 Å². The normalized spacial score (nSPS) is 17.1. The highest BCUT2D eigenvalue weighted by Crippen LogP contribution is 2.45. The van der Waals surface area contributed by atoms with Gasteiger partial charge in [0, 0.05) is 55.3 Å². The minimum atomic E-state index is -0.794. The Kier molecular flexibility index (Phi) is 6.81. The van der Waals surface area contributed by atoms with E-state index >= 15 is 4.39 Å². The number of nitrogens with zero attached hydrogens (tertiary/aromatic N) is 6. The molecule has 0 radical (unpaired) electrons. The van der Waals surface area contributed by atoms with E-state index < -0.39 is 17.9 Å². The van der Waals surface area contributed by atoms with Crippen LogP contribution in [0, 0.1) is 11.8 Å². The van der Waals surface area contributed by atoms with Crippen LogP contribution >= 0.6 is 0 Å². The standard InChI is InChI=1S/C31H30F2N6O3/c1-37-23-17-35-22-15-21(32)27(20-6-7-26(36-16-20)41-13-5-12-38-10-3-2-4-11-38)30-28(22)29(23)39(31(37)40)18-24(42-30)19-8-9-34-25(33)14-19/h6-9,14-17,24H,2-5,10-13,18H2,1H3. The van der Waals surface area contributed by atoms with Gasteiger partial charge in [-0.15, -0.1) is 0 Å². The molecule has 1 fully saturated rings. The first-order valence-electron chi connectivity index (χ1n) is 14.3. The molecule has 2 aliphatic rings. The van der Waals surface area contributed by atoms with E-state index in [2.05, 4.69) is 19.9 Å². The Balaban J connectivity index is 1.27. The van der Waals surface area contributed by atoms with Crippen LogP contribution < -0.4 is 15.2 Å². The third-order valence-electron chi connectivity index (χ3n) is 8.24. The molecule has 2 aliphatic heterocycles. The van der Waals surface area contributed by atoms with E-state index in [9.17, 15) is 9.18 Å². The van der Waals surface area contributed by atoms with Crippen molar-refractivity contribution >= 4 is 21.9 Å². The molecule has 4 aromatic heterocycles. The Labute approximate surface area is 240 Å². The van der Waals surface area contributed by atoms with Gasteiger partial charge in [0.15, 0.2) is 0 Å². The van der Waals surface area contributed by atoms with Crippen molar-refractivity contribution in [1.82, 2.24) is 29.0 Å². The van der Waals surface area contributed by atoms with Crippen LogP contribution in [0.1, 0.15) is 37.4 Å². The van der Waals surface area contributed by atoms with Crippen LogP contribution in [0.15, 0.2) is 53.7 Å². The van der Waals surface area contributed by atoms with Gasteiger partial charge in [0.25, 0.3) is 0 Å². The van der Waals surface area contributed by atoms with E-state index in [1.807, 2.05) is 0 Å². The molecule has 216 valence electrons. The molecule has 1 atom stereocenters. The van der Waals surface area contributed by atoms with Gasteiger partial charge in [-0.05, 0) is 44.5 Å². The predicted molar refractivity (Wildman–Crippen MR) is 154 cm³/mol. The minimum Gasteiger partial charge on any atom is -0.482 e. The molecule has 0 spiro atoms. The summed E-state index contributed by atoms with van der Waals surface area (Å²) in [4.78, 5) is 28.3. The second kappa shape index (κ2) is 10.8. The second-order valence-corrected chi connectivity index (χ2v) is 10.9. The van der Waals surface area contributed by atoms with E-state index in [1.54, 1.807) is 42.2 Å². The first-order chi connectivity index (χ1) is 20.5. The van der Waals surface area contributed by atoms with Crippen molar-refractivity contribution in [1.29, 1.82) is 0 Å². The maximum absolute atomic E-state index is 15.9. The number of rotatable bonds is 7. The van der Waals surface area contributed by atoms with Crippen molar-refractivity contribution in [2.45, 2.75) is 38.3 Å². The Morgan fingerprint density at radius 1 is 1.05 bits per heavy atom. The van der Waals surface area contributed by atoms with Gasteiger partial charge in [-0.2, -0.15) is 4.39 Å². The highest BCUT2D eigenvalue weighted by atomic mass is 19.1. The lowest BCUT2D eigenvalue weighted by Gasteiger charge is -2.26. The Morgan fingerprint density at radius 2 is 1.90 bits per heavy atom. The van der Waals surface area contributed by atoms with Crippen molar-refractivity contribution < 1.29 is 18.3 Å². The molecule has 7 rings (SSSR count). The zero-order chi connectivity index (χ0) is 28.8. The molecule has 0 amide bonds.